The van der Waals surface area contributed by atoms with Gasteiger partial charge in [-0.1, -0.05) is 0 Å². The van der Waals surface area contributed by atoms with E-state index < -0.39 is 0 Å². The number of ether oxygens (including phenoxy) is 1. The number of aliphatic imine (C=N–C) groups is 1. The normalized spacial score (nSPS) is 23.7. The fourth-order valence-corrected chi connectivity index (χ4v) is 4.44. The first-order chi connectivity index (χ1) is 14.4. The third kappa shape index (κ3) is 4.30. The van der Waals surface area contributed by atoms with Crippen LogP contribution in [-0.2, 0) is 4.79 Å². The lowest BCUT2D eigenvalue weighted by Crippen LogP contribution is -2.59. The van der Waals surface area contributed by atoms with Gasteiger partial charge in [0.2, 0.25) is 5.88 Å². The van der Waals surface area contributed by atoms with Crippen molar-refractivity contribution >= 4 is 33.2 Å². The molecule has 4 heterocycles. The van der Waals surface area contributed by atoms with Gasteiger partial charge in [-0.05, 0) is 67.9 Å². The van der Waals surface area contributed by atoms with Crippen molar-refractivity contribution in [3.8, 4) is 5.88 Å². The van der Waals surface area contributed by atoms with Gasteiger partial charge in [-0.2, -0.15) is 15.0 Å². The zero-order chi connectivity index (χ0) is 21.3. The van der Waals surface area contributed by atoms with Crippen LogP contribution >= 0.6 is 15.9 Å². The lowest BCUT2D eigenvalue weighted by molar-refractivity contribution is -0.140. The molecule has 2 aromatic heterocycles. The number of halogens is 1. The Bertz CT molecular complexity index is 966. The zero-order valence-electron chi connectivity index (χ0n) is 17.3. The van der Waals surface area contributed by atoms with Crippen LogP contribution in [0, 0.1) is 5.92 Å². The van der Waals surface area contributed by atoms with Crippen molar-refractivity contribution in [1.82, 2.24) is 24.9 Å². The minimum Gasteiger partial charge on any atom is -0.472 e. The summed E-state index contributed by atoms with van der Waals surface area (Å²) in [4.78, 5) is 25.9. The molecule has 30 heavy (non-hydrogen) atoms. The largest absolute Gasteiger partial charge is 0.472 e. The molecule has 0 spiro atoms. The molecule has 0 N–H and O–H groups in total. The molecule has 2 saturated heterocycles. The smallest absolute Gasteiger partial charge is 0.274 e. The summed E-state index contributed by atoms with van der Waals surface area (Å²) in [5.74, 6) is 0.895. The maximum atomic E-state index is 13.6. The number of hydrogen-bond donors (Lipinski definition) is 0. The summed E-state index contributed by atoms with van der Waals surface area (Å²) >= 11 is 3.40. The van der Waals surface area contributed by atoms with Crippen LogP contribution in [-0.4, -0.2) is 55.2 Å². The Morgan fingerprint density at radius 1 is 1.20 bits per heavy atom. The van der Waals surface area contributed by atoms with Gasteiger partial charge in [-0.3, -0.25) is 9.79 Å². The average molecular weight is 473 g/mol. The van der Waals surface area contributed by atoms with Crippen LogP contribution < -0.4 is 4.74 Å². The minimum atomic E-state index is -0.0993. The maximum absolute atomic E-state index is 13.6. The van der Waals surface area contributed by atoms with Gasteiger partial charge in [0, 0.05) is 29.0 Å². The molecule has 9 heteroatoms. The fourth-order valence-electron chi connectivity index (χ4n) is 4.21. The number of carbonyl (C=O) groups excluding carboxylic acids is 1. The molecule has 8 nitrogen and oxygen atoms in total. The van der Waals surface area contributed by atoms with Gasteiger partial charge in [0.05, 0.1) is 24.1 Å². The minimum absolute atomic E-state index is 0.00584. The summed E-state index contributed by atoms with van der Waals surface area (Å²) in [5, 5.41) is 8.34. The lowest BCUT2D eigenvalue weighted by atomic mass is 9.77. The highest BCUT2D eigenvalue weighted by Gasteiger charge is 2.45. The van der Waals surface area contributed by atoms with E-state index in [0.717, 1.165) is 36.0 Å². The fraction of sp³-hybridized carbons (Fsp3) is 0.476. The van der Waals surface area contributed by atoms with Gasteiger partial charge in [-0.15, -0.1) is 0 Å². The molecule has 0 aromatic carbocycles. The van der Waals surface area contributed by atoms with E-state index in [1.165, 1.54) is 4.80 Å². The third-order valence-corrected chi connectivity index (χ3v) is 6.02. The second-order valence-corrected chi connectivity index (χ2v) is 8.90. The Morgan fingerprint density at radius 2 is 1.97 bits per heavy atom. The van der Waals surface area contributed by atoms with Gasteiger partial charge in [0.25, 0.3) is 5.91 Å². The first kappa shape index (κ1) is 20.7. The predicted octanol–water partition coefficient (Wildman–Crippen LogP) is 3.56. The van der Waals surface area contributed by atoms with Gasteiger partial charge in [0.15, 0.2) is 5.70 Å². The first-order valence-corrected chi connectivity index (χ1v) is 10.9. The van der Waals surface area contributed by atoms with E-state index >= 15 is 0 Å². The summed E-state index contributed by atoms with van der Waals surface area (Å²) < 4.78 is 7.12. The van der Waals surface area contributed by atoms with Gasteiger partial charge >= 0.3 is 0 Å². The van der Waals surface area contributed by atoms with Crippen molar-refractivity contribution in [3.05, 3.63) is 40.9 Å². The molecular weight excluding hydrogens is 448 g/mol. The van der Waals surface area contributed by atoms with E-state index in [0.29, 0.717) is 23.2 Å². The third-order valence-electron chi connectivity index (χ3n) is 5.55. The Labute approximate surface area is 184 Å². The Morgan fingerprint density at radius 3 is 2.60 bits per heavy atom. The number of amides is 1. The number of allylic oxidation sites excluding steroid dienone is 1. The SMILES string of the molecule is CC(C)=N/C(C(=O)N1CC2CCC1C(Oc1ccc(Br)cn1)C2)=C(\C)n1nccn1. The maximum Gasteiger partial charge on any atom is 0.274 e. The van der Waals surface area contributed by atoms with Crippen LogP contribution in [0.25, 0.3) is 5.70 Å². The summed E-state index contributed by atoms with van der Waals surface area (Å²) in [5.41, 5.74) is 1.79. The predicted molar refractivity (Wildman–Crippen MR) is 117 cm³/mol. The standard InChI is InChI=1S/C21H25BrN6O2/c1-13(2)26-20(14(3)28-24-8-9-25-28)21(29)27-12-15-4-6-17(27)18(10-15)30-19-7-5-16(22)11-23-19/h5,7-9,11,15,17-18H,4,6,10,12H2,1-3H3/b20-14+. The highest BCUT2D eigenvalue weighted by molar-refractivity contribution is 9.10. The zero-order valence-corrected chi connectivity index (χ0v) is 18.9. The van der Waals surface area contributed by atoms with Crippen molar-refractivity contribution in [3.63, 3.8) is 0 Å². The van der Waals surface area contributed by atoms with Crippen LogP contribution in [0.3, 0.4) is 0 Å². The summed E-state index contributed by atoms with van der Waals surface area (Å²) in [6, 6.07) is 3.75. The van der Waals surface area contributed by atoms with E-state index in [2.05, 4.69) is 36.1 Å². The van der Waals surface area contributed by atoms with Crippen LogP contribution in [0.4, 0.5) is 0 Å². The van der Waals surface area contributed by atoms with Crippen LogP contribution in [0.15, 0.2) is 45.9 Å². The van der Waals surface area contributed by atoms with E-state index in [1.807, 2.05) is 37.8 Å². The van der Waals surface area contributed by atoms with Crippen molar-refractivity contribution in [2.24, 2.45) is 10.9 Å². The number of hydrogen-bond acceptors (Lipinski definition) is 6. The Balaban J connectivity index is 1.61. The molecular formula is C21H25BrN6O2. The van der Waals surface area contributed by atoms with Gasteiger partial charge < -0.3 is 9.64 Å². The highest BCUT2D eigenvalue weighted by Crippen LogP contribution is 2.38. The molecule has 2 aromatic rings. The van der Waals surface area contributed by atoms with Crippen LogP contribution in [0.1, 0.15) is 40.0 Å². The van der Waals surface area contributed by atoms with Crippen LogP contribution in [0.2, 0.25) is 0 Å². The van der Waals surface area contributed by atoms with Crippen molar-refractivity contribution in [2.75, 3.05) is 6.54 Å². The Hall–Kier alpha value is -2.55. The molecule has 158 valence electrons. The first-order valence-electron chi connectivity index (χ1n) is 10.1. The molecule has 0 radical (unpaired) electrons. The lowest BCUT2D eigenvalue weighted by Gasteiger charge is -2.49. The number of nitrogens with zero attached hydrogens (tertiary/aromatic N) is 6. The second-order valence-electron chi connectivity index (χ2n) is 7.99. The highest BCUT2D eigenvalue weighted by atomic mass is 79.9. The van der Waals surface area contributed by atoms with Crippen molar-refractivity contribution < 1.29 is 9.53 Å². The van der Waals surface area contributed by atoms with E-state index in [4.69, 9.17) is 4.74 Å². The van der Waals surface area contributed by atoms with E-state index in [9.17, 15) is 4.79 Å². The molecule has 5 rings (SSSR count). The quantitative estimate of drug-likeness (QED) is 0.490. The van der Waals surface area contributed by atoms with Gasteiger partial charge in [-0.25, -0.2) is 4.98 Å². The summed E-state index contributed by atoms with van der Waals surface area (Å²) in [6.45, 7) is 6.30. The number of fused-ring (bicyclic) bond motifs is 3. The molecule has 3 unspecified atom stereocenters. The topological polar surface area (TPSA) is 85.5 Å². The van der Waals surface area contributed by atoms with Crippen molar-refractivity contribution in [1.29, 1.82) is 0 Å². The number of aromatic nitrogens is 4. The van der Waals surface area contributed by atoms with Crippen LogP contribution in [0.5, 0.6) is 5.88 Å². The molecule has 1 aliphatic carbocycles. The molecule has 1 saturated carbocycles. The molecule has 1 amide bonds. The number of pyridine rings is 1. The molecule has 2 aliphatic heterocycles. The average Bonchev–Trinajstić information content (AvgIpc) is 3.28. The van der Waals surface area contributed by atoms with E-state index in [1.54, 1.807) is 18.6 Å². The molecule has 3 atom stereocenters. The Kier molecular flexibility index (Phi) is 5.99. The summed E-state index contributed by atoms with van der Waals surface area (Å²) in [6.07, 6.45) is 7.78. The molecule has 2 bridgehead atoms. The van der Waals surface area contributed by atoms with Gasteiger partial charge in [0.1, 0.15) is 6.10 Å². The number of piperidine rings is 2. The van der Waals surface area contributed by atoms with E-state index in [-0.39, 0.29) is 18.1 Å². The number of rotatable bonds is 5. The second kappa shape index (κ2) is 8.67. The molecule has 3 aliphatic rings. The van der Waals surface area contributed by atoms with Crippen molar-refractivity contribution in [2.45, 2.75) is 52.2 Å². The molecule has 3 fully saturated rings. The monoisotopic (exact) mass is 472 g/mol. The number of carbonyl (C=O) groups is 1. The summed E-state index contributed by atoms with van der Waals surface area (Å²) in [7, 11) is 0.